The van der Waals surface area contributed by atoms with Crippen molar-refractivity contribution in [2.24, 2.45) is 5.73 Å². The molecular weight excluding hydrogens is 312 g/mol. The maximum absolute atomic E-state index is 9.79. The van der Waals surface area contributed by atoms with E-state index in [9.17, 15) is 5.11 Å². The molecule has 0 spiro atoms. The minimum Gasteiger partial charge on any atom is -0.503 e. The topological polar surface area (TPSA) is 68.0 Å². The molecule has 1 fully saturated rings. The molecule has 1 aliphatic heterocycles. The molecule has 0 aromatic heterocycles. The second-order valence-corrected chi connectivity index (χ2v) is 5.45. The van der Waals surface area contributed by atoms with Gasteiger partial charge in [0.2, 0.25) is 0 Å². The number of rotatable bonds is 4. The molecule has 2 rings (SSSR count). The fourth-order valence-corrected chi connectivity index (χ4v) is 2.69. The summed E-state index contributed by atoms with van der Waals surface area (Å²) in [6.07, 6.45) is 0.108. The molecule has 3 N–H and O–H groups in total. The fraction of sp³-hybridized carbons (Fsp3) is 0.538. The highest BCUT2D eigenvalue weighted by atomic mass is 79.9. The van der Waals surface area contributed by atoms with Crippen LogP contribution in [0.2, 0.25) is 0 Å². The first-order valence-corrected chi connectivity index (χ1v) is 7.02. The van der Waals surface area contributed by atoms with Crippen LogP contribution in [-0.4, -0.2) is 49.5 Å². The Labute approximate surface area is 121 Å². The molecule has 1 unspecified atom stereocenters. The van der Waals surface area contributed by atoms with Gasteiger partial charge in [-0.15, -0.1) is 0 Å². The van der Waals surface area contributed by atoms with Crippen molar-refractivity contribution in [2.45, 2.75) is 12.6 Å². The van der Waals surface area contributed by atoms with Gasteiger partial charge in [-0.1, -0.05) is 0 Å². The van der Waals surface area contributed by atoms with Gasteiger partial charge in [0.15, 0.2) is 11.5 Å². The van der Waals surface area contributed by atoms with Crippen molar-refractivity contribution in [1.82, 2.24) is 4.90 Å². The van der Waals surface area contributed by atoms with Crippen LogP contribution in [0.4, 0.5) is 0 Å². The molecule has 5 nitrogen and oxygen atoms in total. The van der Waals surface area contributed by atoms with E-state index in [4.69, 9.17) is 15.2 Å². The van der Waals surface area contributed by atoms with E-state index < -0.39 is 0 Å². The van der Waals surface area contributed by atoms with Crippen molar-refractivity contribution in [1.29, 1.82) is 0 Å². The maximum atomic E-state index is 9.79. The molecule has 1 heterocycles. The third kappa shape index (κ3) is 3.60. The molecule has 6 heteroatoms. The first-order chi connectivity index (χ1) is 9.13. The van der Waals surface area contributed by atoms with Crippen LogP contribution in [0.25, 0.3) is 0 Å². The van der Waals surface area contributed by atoms with Gasteiger partial charge >= 0.3 is 0 Å². The van der Waals surface area contributed by atoms with Gasteiger partial charge in [0.05, 0.1) is 24.3 Å². The van der Waals surface area contributed by atoms with E-state index in [1.807, 2.05) is 12.1 Å². The van der Waals surface area contributed by atoms with Gasteiger partial charge in [0.25, 0.3) is 0 Å². The summed E-state index contributed by atoms with van der Waals surface area (Å²) in [4.78, 5) is 2.29. The molecule has 1 aromatic carbocycles. The summed E-state index contributed by atoms with van der Waals surface area (Å²) < 4.78 is 11.3. The van der Waals surface area contributed by atoms with E-state index >= 15 is 0 Å². The molecule has 1 saturated heterocycles. The first-order valence-electron chi connectivity index (χ1n) is 6.23. The second kappa shape index (κ2) is 6.56. The van der Waals surface area contributed by atoms with Crippen LogP contribution < -0.4 is 10.5 Å². The van der Waals surface area contributed by atoms with E-state index in [0.717, 1.165) is 25.2 Å². The van der Waals surface area contributed by atoms with Gasteiger partial charge < -0.3 is 20.3 Å². The Balaban J connectivity index is 2.08. The lowest BCUT2D eigenvalue weighted by molar-refractivity contribution is -0.0260. The summed E-state index contributed by atoms with van der Waals surface area (Å²) in [6.45, 7) is 3.75. The molecule has 1 aromatic rings. The van der Waals surface area contributed by atoms with Gasteiger partial charge in [0.1, 0.15) is 0 Å². The Kier molecular flexibility index (Phi) is 5.04. The number of nitrogens with zero attached hydrogens (tertiary/aromatic N) is 1. The predicted octanol–water partition coefficient (Wildman–Crippen LogP) is 1.32. The van der Waals surface area contributed by atoms with Crippen molar-refractivity contribution < 1.29 is 14.6 Å². The zero-order valence-electron chi connectivity index (χ0n) is 10.9. The number of nitrogens with two attached hydrogens (primary N) is 1. The highest BCUT2D eigenvalue weighted by Gasteiger charge is 2.20. The van der Waals surface area contributed by atoms with Crippen LogP contribution >= 0.6 is 15.9 Å². The summed E-state index contributed by atoms with van der Waals surface area (Å²) >= 11 is 3.33. The standard InChI is InChI=1S/C13H19BrN2O3/c1-18-12-5-9(4-11(14)13(12)17)7-16-2-3-19-10(6-15)8-16/h4-5,10,17H,2-3,6-8,15H2,1H3. The smallest absolute Gasteiger partial charge is 0.172 e. The Hall–Kier alpha value is -0.820. The molecular formula is C13H19BrN2O3. The SMILES string of the molecule is COc1cc(CN2CCOC(CN)C2)cc(Br)c1O. The quantitative estimate of drug-likeness (QED) is 0.871. The number of morpholine rings is 1. The van der Waals surface area contributed by atoms with E-state index in [1.54, 1.807) is 7.11 Å². The normalized spacial score (nSPS) is 20.5. The van der Waals surface area contributed by atoms with Gasteiger partial charge in [-0.25, -0.2) is 0 Å². The first kappa shape index (κ1) is 14.6. The van der Waals surface area contributed by atoms with Gasteiger partial charge in [-0.3, -0.25) is 4.90 Å². The monoisotopic (exact) mass is 330 g/mol. The van der Waals surface area contributed by atoms with Crippen molar-refractivity contribution in [3.63, 3.8) is 0 Å². The second-order valence-electron chi connectivity index (χ2n) is 4.59. The van der Waals surface area contributed by atoms with Crippen LogP contribution in [0, 0.1) is 0 Å². The Morgan fingerprint density at radius 1 is 1.58 bits per heavy atom. The Bertz CT molecular complexity index is 442. The highest BCUT2D eigenvalue weighted by molar-refractivity contribution is 9.10. The molecule has 106 valence electrons. The van der Waals surface area contributed by atoms with Crippen LogP contribution in [0.1, 0.15) is 5.56 Å². The number of phenols is 1. The van der Waals surface area contributed by atoms with Crippen LogP contribution in [0.3, 0.4) is 0 Å². The number of hydrogen-bond acceptors (Lipinski definition) is 5. The molecule has 0 bridgehead atoms. The largest absolute Gasteiger partial charge is 0.503 e. The number of halogens is 1. The number of methoxy groups -OCH3 is 1. The zero-order valence-corrected chi connectivity index (χ0v) is 12.5. The van der Waals surface area contributed by atoms with Crippen molar-refractivity contribution in [3.05, 3.63) is 22.2 Å². The summed E-state index contributed by atoms with van der Waals surface area (Å²) in [7, 11) is 1.55. The summed E-state index contributed by atoms with van der Waals surface area (Å²) in [5.74, 6) is 0.612. The lowest BCUT2D eigenvalue weighted by Crippen LogP contribution is -2.45. The van der Waals surface area contributed by atoms with Gasteiger partial charge in [0, 0.05) is 26.2 Å². The van der Waals surface area contributed by atoms with Crippen LogP contribution in [0.5, 0.6) is 11.5 Å². The molecule has 0 aliphatic carbocycles. The maximum Gasteiger partial charge on any atom is 0.172 e. The number of hydrogen-bond donors (Lipinski definition) is 2. The number of ether oxygens (including phenoxy) is 2. The predicted molar refractivity (Wildman–Crippen MR) is 76.4 cm³/mol. The average molecular weight is 331 g/mol. The average Bonchev–Trinajstić information content (AvgIpc) is 2.43. The number of benzene rings is 1. The summed E-state index contributed by atoms with van der Waals surface area (Å²) in [5.41, 5.74) is 6.72. The molecule has 0 amide bonds. The Morgan fingerprint density at radius 2 is 2.37 bits per heavy atom. The van der Waals surface area contributed by atoms with Crippen LogP contribution in [-0.2, 0) is 11.3 Å². The molecule has 0 radical (unpaired) electrons. The van der Waals surface area contributed by atoms with Gasteiger partial charge in [-0.2, -0.15) is 0 Å². The van der Waals surface area contributed by atoms with E-state index in [-0.39, 0.29) is 11.9 Å². The van der Waals surface area contributed by atoms with Crippen molar-refractivity contribution in [3.8, 4) is 11.5 Å². The van der Waals surface area contributed by atoms with Gasteiger partial charge in [-0.05, 0) is 33.6 Å². The lowest BCUT2D eigenvalue weighted by atomic mass is 10.1. The third-order valence-corrected chi connectivity index (χ3v) is 3.80. The summed E-state index contributed by atoms with van der Waals surface area (Å²) in [5, 5.41) is 9.79. The summed E-state index contributed by atoms with van der Waals surface area (Å²) in [6, 6.07) is 3.76. The van der Waals surface area contributed by atoms with Crippen LogP contribution in [0.15, 0.2) is 16.6 Å². The number of phenolic OH excluding ortho intramolecular Hbond substituents is 1. The minimum absolute atomic E-state index is 0.108. The van der Waals surface area contributed by atoms with E-state index in [1.165, 1.54) is 0 Å². The highest BCUT2D eigenvalue weighted by Crippen LogP contribution is 2.35. The molecule has 1 aliphatic rings. The van der Waals surface area contributed by atoms with E-state index in [0.29, 0.717) is 23.4 Å². The minimum atomic E-state index is 0.108. The fourth-order valence-electron chi connectivity index (χ4n) is 2.20. The molecule has 19 heavy (non-hydrogen) atoms. The Morgan fingerprint density at radius 3 is 3.05 bits per heavy atom. The molecule has 1 atom stereocenters. The van der Waals surface area contributed by atoms with Crippen molar-refractivity contribution >= 4 is 15.9 Å². The van der Waals surface area contributed by atoms with E-state index in [2.05, 4.69) is 20.8 Å². The van der Waals surface area contributed by atoms with Crippen molar-refractivity contribution in [2.75, 3.05) is 33.4 Å². The third-order valence-electron chi connectivity index (χ3n) is 3.20. The lowest BCUT2D eigenvalue weighted by Gasteiger charge is -2.32. The zero-order chi connectivity index (χ0) is 13.8. The number of aromatic hydroxyl groups is 1. The molecule has 0 saturated carbocycles.